The Hall–Kier alpha value is -1.89. The number of nitrogens with zero attached hydrogens (tertiary/aromatic N) is 3. The quantitative estimate of drug-likeness (QED) is 0.792. The first kappa shape index (κ1) is 12.8. The topological polar surface area (TPSA) is 47.4 Å². The third-order valence-electron chi connectivity index (χ3n) is 3.74. The Kier molecular flexibility index (Phi) is 2.78. The zero-order valence-electron chi connectivity index (χ0n) is 11.0. The molecule has 0 unspecified atom stereocenters. The lowest BCUT2D eigenvalue weighted by atomic mass is 10.1. The second-order valence-electron chi connectivity index (χ2n) is 5.04. The van der Waals surface area contributed by atoms with Gasteiger partial charge in [0.2, 0.25) is 5.88 Å². The fraction of sp³-hybridized carbons (Fsp3) is 0.286. The summed E-state index contributed by atoms with van der Waals surface area (Å²) in [4.78, 5) is 14.0. The summed E-state index contributed by atoms with van der Waals surface area (Å²) in [6.45, 7) is 1.68. The number of benzene rings is 1. The van der Waals surface area contributed by atoms with Gasteiger partial charge in [-0.05, 0) is 24.1 Å². The minimum absolute atomic E-state index is 0.291. The second kappa shape index (κ2) is 4.56. The zero-order valence-corrected chi connectivity index (χ0v) is 12.6. The zero-order chi connectivity index (χ0) is 14.6. The van der Waals surface area contributed by atoms with Crippen LogP contribution in [0.3, 0.4) is 0 Å². The summed E-state index contributed by atoms with van der Waals surface area (Å²) in [7, 11) is 0. The Bertz CT molecular complexity index is 737. The number of aromatic nitrogens is 2. The van der Waals surface area contributed by atoms with Gasteiger partial charge in [-0.25, -0.2) is 9.07 Å². The van der Waals surface area contributed by atoms with Crippen molar-refractivity contribution in [1.82, 2.24) is 9.78 Å². The summed E-state index contributed by atoms with van der Waals surface area (Å²) in [6, 6.07) is 4.84. The molecule has 0 N–H and O–H groups in total. The van der Waals surface area contributed by atoms with Crippen LogP contribution in [0.25, 0.3) is 0 Å². The van der Waals surface area contributed by atoms with Gasteiger partial charge in [0, 0.05) is 17.1 Å². The molecule has 4 rings (SSSR count). The van der Waals surface area contributed by atoms with Crippen LogP contribution >= 0.6 is 15.9 Å². The van der Waals surface area contributed by atoms with E-state index in [1.807, 2.05) is 6.07 Å². The van der Waals surface area contributed by atoms with Crippen LogP contribution < -0.4 is 9.64 Å². The van der Waals surface area contributed by atoms with Gasteiger partial charge in [-0.1, -0.05) is 15.9 Å². The van der Waals surface area contributed by atoms with Crippen molar-refractivity contribution in [3.63, 3.8) is 0 Å². The molecule has 108 valence electrons. The number of carbonyl (C=O) groups excluding carboxylic acids is 1. The average molecular weight is 352 g/mol. The van der Waals surface area contributed by atoms with E-state index in [1.54, 1.807) is 10.7 Å². The number of hydrogen-bond donors (Lipinski definition) is 0. The molecule has 1 aromatic heterocycles. The summed E-state index contributed by atoms with van der Waals surface area (Å²) < 4.78 is 21.9. The number of fused-ring (bicyclic) bond motifs is 2. The average Bonchev–Trinajstić information content (AvgIpc) is 3.10. The van der Waals surface area contributed by atoms with Gasteiger partial charge in [0.15, 0.2) is 5.69 Å². The van der Waals surface area contributed by atoms with Gasteiger partial charge in [0.25, 0.3) is 5.91 Å². The molecule has 2 aliphatic rings. The number of anilines is 1. The van der Waals surface area contributed by atoms with E-state index < -0.39 is 5.82 Å². The van der Waals surface area contributed by atoms with Gasteiger partial charge in [0.1, 0.15) is 12.4 Å². The van der Waals surface area contributed by atoms with Crippen molar-refractivity contribution >= 4 is 27.5 Å². The van der Waals surface area contributed by atoms with Crippen LogP contribution in [0.15, 0.2) is 22.7 Å². The molecule has 3 heterocycles. The molecule has 0 spiro atoms. The molecule has 1 aromatic carbocycles. The first-order chi connectivity index (χ1) is 10.1. The SMILES string of the molecule is O=C(c1cc2n(n1)CCO2)N1CCc2cc(Br)cc(F)c21. The highest BCUT2D eigenvalue weighted by Crippen LogP contribution is 2.34. The Morgan fingerprint density at radius 2 is 2.19 bits per heavy atom. The predicted molar refractivity (Wildman–Crippen MR) is 77.2 cm³/mol. The molecule has 2 aliphatic heterocycles. The molecule has 2 aromatic rings. The highest BCUT2D eigenvalue weighted by atomic mass is 79.9. The number of carbonyl (C=O) groups is 1. The smallest absolute Gasteiger partial charge is 0.279 e. The number of rotatable bonds is 1. The van der Waals surface area contributed by atoms with Crippen LogP contribution in [0, 0.1) is 5.82 Å². The highest BCUT2D eigenvalue weighted by Gasteiger charge is 2.31. The van der Waals surface area contributed by atoms with E-state index in [2.05, 4.69) is 21.0 Å². The minimum Gasteiger partial charge on any atom is -0.476 e. The molecule has 7 heteroatoms. The molecule has 5 nitrogen and oxygen atoms in total. The van der Waals surface area contributed by atoms with E-state index in [0.29, 0.717) is 47.9 Å². The summed E-state index contributed by atoms with van der Waals surface area (Å²) in [6.07, 6.45) is 0.640. The molecular formula is C14H11BrFN3O2. The lowest BCUT2D eigenvalue weighted by molar-refractivity contribution is 0.0982. The minimum atomic E-state index is -0.395. The normalized spacial score (nSPS) is 15.8. The molecular weight excluding hydrogens is 341 g/mol. The van der Waals surface area contributed by atoms with Gasteiger partial charge in [-0.2, -0.15) is 5.10 Å². The first-order valence-electron chi connectivity index (χ1n) is 6.64. The van der Waals surface area contributed by atoms with Crippen molar-refractivity contribution in [2.45, 2.75) is 13.0 Å². The van der Waals surface area contributed by atoms with E-state index in [9.17, 15) is 9.18 Å². The Morgan fingerprint density at radius 1 is 1.33 bits per heavy atom. The maximum atomic E-state index is 14.2. The molecule has 0 atom stereocenters. The summed E-state index contributed by atoms with van der Waals surface area (Å²) in [5, 5.41) is 4.22. The monoisotopic (exact) mass is 351 g/mol. The second-order valence-corrected chi connectivity index (χ2v) is 5.96. The van der Waals surface area contributed by atoms with Crippen LogP contribution in [0.5, 0.6) is 5.88 Å². The van der Waals surface area contributed by atoms with Crippen LogP contribution in [-0.4, -0.2) is 28.8 Å². The largest absolute Gasteiger partial charge is 0.476 e. The number of ether oxygens (including phenoxy) is 1. The highest BCUT2D eigenvalue weighted by molar-refractivity contribution is 9.10. The maximum absolute atomic E-state index is 14.2. The van der Waals surface area contributed by atoms with Gasteiger partial charge in [-0.15, -0.1) is 0 Å². The van der Waals surface area contributed by atoms with E-state index in [-0.39, 0.29) is 5.91 Å². The van der Waals surface area contributed by atoms with Gasteiger partial charge < -0.3 is 9.64 Å². The fourth-order valence-electron chi connectivity index (χ4n) is 2.81. The van der Waals surface area contributed by atoms with Crippen LogP contribution in [0.2, 0.25) is 0 Å². The van der Waals surface area contributed by atoms with Gasteiger partial charge in [-0.3, -0.25) is 4.79 Å². The summed E-state index contributed by atoms with van der Waals surface area (Å²) in [5.41, 5.74) is 1.48. The van der Waals surface area contributed by atoms with Crippen molar-refractivity contribution in [2.75, 3.05) is 18.1 Å². The lowest BCUT2D eigenvalue weighted by Crippen LogP contribution is -2.30. The standard InChI is InChI=1S/C14H11BrFN3O2/c15-9-5-8-1-2-18(13(8)10(16)6-9)14(20)11-7-12-19(17-11)3-4-21-12/h5-7H,1-4H2. The molecule has 0 radical (unpaired) electrons. The van der Waals surface area contributed by atoms with Gasteiger partial charge >= 0.3 is 0 Å². The Morgan fingerprint density at radius 3 is 3.00 bits per heavy atom. The lowest BCUT2D eigenvalue weighted by Gasteiger charge is -2.16. The molecule has 0 aliphatic carbocycles. The third kappa shape index (κ3) is 1.95. The Balaban J connectivity index is 1.71. The molecule has 0 fully saturated rings. The predicted octanol–water partition coefficient (Wildman–Crippen LogP) is 2.38. The number of halogens is 2. The van der Waals surface area contributed by atoms with Crippen molar-refractivity contribution < 1.29 is 13.9 Å². The third-order valence-corrected chi connectivity index (χ3v) is 4.20. The van der Waals surface area contributed by atoms with Gasteiger partial charge in [0.05, 0.1) is 12.2 Å². The van der Waals surface area contributed by atoms with E-state index in [1.165, 1.54) is 11.0 Å². The Labute approximate surface area is 128 Å². The van der Waals surface area contributed by atoms with Crippen molar-refractivity contribution in [3.05, 3.63) is 39.7 Å². The summed E-state index contributed by atoms with van der Waals surface area (Å²) in [5.74, 6) is -0.0947. The molecule has 1 amide bonds. The van der Waals surface area contributed by atoms with Crippen LogP contribution in [0.4, 0.5) is 10.1 Å². The number of amides is 1. The molecule has 0 saturated heterocycles. The van der Waals surface area contributed by atoms with Crippen LogP contribution in [-0.2, 0) is 13.0 Å². The molecule has 0 bridgehead atoms. The van der Waals surface area contributed by atoms with Crippen LogP contribution in [0.1, 0.15) is 16.1 Å². The fourth-order valence-corrected chi connectivity index (χ4v) is 3.29. The van der Waals surface area contributed by atoms with Crippen molar-refractivity contribution in [2.24, 2.45) is 0 Å². The van der Waals surface area contributed by atoms with Crippen molar-refractivity contribution in [1.29, 1.82) is 0 Å². The maximum Gasteiger partial charge on any atom is 0.279 e. The number of hydrogen-bond acceptors (Lipinski definition) is 3. The molecule has 0 saturated carbocycles. The van der Waals surface area contributed by atoms with Crippen molar-refractivity contribution in [3.8, 4) is 5.88 Å². The van der Waals surface area contributed by atoms with E-state index in [4.69, 9.17) is 4.74 Å². The molecule has 21 heavy (non-hydrogen) atoms. The summed E-state index contributed by atoms with van der Waals surface area (Å²) >= 11 is 3.27. The van der Waals surface area contributed by atoms with E-state index >= 15 is 0 Å². The first-order valence-corrected chi connectivity index (χ1v) is 7.43. The van der Waals surface area contributed by atoms with E-state index in [0.717, 1.165) is 5.56 Å².